The molecule has 0 aliphatic rings. The second-order valence-corrected chi connectivity index (χ2v) is 10.3. The quantitative estimate of drug-likeness (QED) is 0.544. The van der Waals surface area contributed by atoms with Crippen molar-refractivity contribution in [1.82, 2.24) is 9.71 Å². The van der Waals surface area contributed by atoms with E-state index < -0.39 is 10.0 Å². The van der Waals surface area contributed by atoms with Crippen molar-refractivity contribution < 1.29 is 8.42 Å². The number of nitrogens with zero attached hydrogens (tertiary/aromatic N) is 1. The van der Waals surface area contributed by atoms with Crippen LogP contribution in [-0.2, 0) is 16.6 Å². The average molecular weight is 433 g/mol. The summed E-state index contributed by atoms with van der Waals surface area (Å²) in [7, 11) is -3.65. The molecular formula is C16H14Cl2N2O2S3. The van der Waals surface area contributed by atoms with E-state index in [9.17, 15) is 8.42 Å². The van der Waals surface area contributed by atoms with Gasteiger partial charge in [-0.25, -0.2) is 18.1 Å². The third kappa shape index (κ3) is 4.48. The van der Waals surface area contributed by atoms with Gasteiger partial charge in [-0.15, -0.1) is 11.3 Å². The largest absolute Gasteiger partial charge is 0.240 e. The molecule has 0 spiro atoms. The zero-order valence-corrected chi connectivity index (χ0v) is 17.1. The molecule has 1 N–H and O–H groups in total. The number of rotatable bonds is 6. The molecule has 3 aromatic rings. The molecule has 0 aliphatic carbocycles. The van der Waals surface area contributed by atoms with E-state index in [1.54, 1.807) is 48.2 Å². The molecule has 25 heavy (non-hydrogen) atoms. The van der Waals surface area contributed by atoms with Gasteiger partial charge in [0.25, 0.3) is 0 Å². The van der Waals surface area contributed by atoms with Gasteiger partial charge in [0, 0.05) is 16.6 Å². The Morgan fingerprint density at radius 2 is 2.00 bits per heavy atom. The molecule has 9 heteroatoms. The van der Waals surface area contributed by atoms with Crippen LogP contribution in [0.1, 0.15) is 12.5 Å². The van der Waals surface area contributed by atoms with E-state index in [0.29, 0.717) is 15.6 Å². The summed E-state index contributed by atoms with van der Waals surface area (Å²) in [6.45, 7) is 2.15. The number of fused-ring (bicyclic) bond motifs is 1. The van der Waals surface area contributed by atoms with Gasteiger partial charge in [-0.3, -0.25) is 0 Å². The first-order chi connectivity index (χ1) is 11.9. The minimum absolute atomic E-state index is 0.0933. The van der Waals surface area contributed by atoms with Crippen LogP contribution in [0.5, 0.6) is 0 Å². The van der Waals surface area contributed by atoms with Gasteiger partial charge in [-0.05, 0) is 41.6 Å². The SMILES string of the molecule is CCSc1nc2ccc(S(=O)(=O)NCc3ccc(Cl)cc3Cl)cc2s1. The van der Waals surface area contributed by atoms with Crippen LogP contribution in [0.2, 0.25) is 10.0 Å². The van der Waals surface area contributed by atoms with Gasteiger partial charge in [0.05, 0.1) is 15.1 Å². The number of aromatic nitrogens is 1. The van der Waals surface area contributed by atoms with Crippen molar-refractivity contribution in [3.63, 3.8) is 0 Å². The molecule has 4 nitrogen and oxygen atoms in total. The fourth-order valence-electron chi connectivity index (χ4n) is 2.16. The van der Waals surface area contributed by atoms with Gasteiger partial charge in [0.2, 0.25) is 10.0 Å². The maximum Gasteiger partial charge on any atom is 0.240 e. The monoisotopic (exact) mass is 432 g/mol. The fourth-order valence-corrected chi connectivity index (χ4v) is 5.74. The molecule has 1 heterocycles. The zero-order chi connectivity index (χ0) is 18.0. The van der Waals surface area contributed by atoms with E-state index >= 15 is 0 Å². The molecule has 0 fully saturated rings. The fraction of sp³-hybridized carbons (Fsp3) is 0.188. The normalized spacial score (nSPS) is 12.0. The third-order valence-electron chi connectivity index (χ3n) is 3.39. The predicted octanol–water partition coefficient (Wildman–Crippen LogP) is 5.19. The molecule has 0 atom stereocenters. The summed E-state index contributed by atoms with van der Waals surface area (Å²) in [6, 6.07) is 9.91. The lowest BCUT2D eigenvalue weighted by molar-refractivity contribution is 0.581. The van der Waals surface area contributed by atoms with Gasteiger partial charge in [0.15, 0.2) is 4.34 Å². The molecule has 0 unspecified atom stereocenters. The van der Waals surface area contributed by atoms with Crippen LogP contribution in [0, 0.1) is 0 Å². The van der Waals surface area contributed by atoms with Crippen LogP contribution < -0.4 is 4.72 Å². The number of thioether (sulfide) groups is 1. The van der Waals surface area contributed by atoms with Crippen LogP contribution in [-0.4, -0.2) is 19.2 Å². The second-order valence-electron chi connectivity index (χ2n) is 5.10. The molecular weight excluding hydrogens is 419 g/mol. The Balaban J connectivity index is 1.82. The second kappa shape index (κ2) is 7.82. The smallest absolute Gasteiger partial charge is 0.230 e. The highest BCUT2D eigenvalue weighted by Crippen LogP contribution is 2.31. The van der Waals surface area contributed by atoms with Crippen molar-refractivity contribution in [2.75, 3.05) is 5.75 Å². The lowest BCUT2D eigenvalue weighted by atomic mass is 10.2. The average Bonchev–Trinajstić information content (AvgIpc) is 2.96. The van der Waals surface area contributed by atoms with Crippen LogP contribution >= 0.6 is 46.3 Å². The summed E-state index contributed by atoms with van der Waals surface area (Å²) in [5, 5.41) is 0.933. The standard InChI is InChI=1S/C16H14Cl2N2O2S3/c1-2-23-16-20-14-6-5-12(8-15(14)24-16)25(21,22)19-9-10-3-4-11(17)7-13(10)18/h3-8,19H,2,9H2,1H3. The Hall–Kier alpha value is -0.830. The Labute approximate surface area is 164 Å². The molecule has 0 aliphatic heterocycles. The summed E-state index contributed by atoms with van der Waals surface area (Å²) in [6.07, 6.45) is 0. The van der Waals surface area contributed by atoms with Crippen molar-refractivity contribution in [2.45, 2.75) is 22.7 Å². The lowest BCUT2D eigenvalue weighted by Crippen LogP contribution is -2.23. The minimum Gasteiger partial charge on any atom is -0.230 e. The summed E-state index contributed by atoms with van der Waals surface area (Å²) in [4.78, 5) is 4.69. The van der Waals surface area contributed by atoms with E-state index in [1.807, 2.05) is 0 Å². The first-order valence-electron chi connectivity index (χ1n) is 7.36. The van der Waals surface area contributed by atoms with Gasteiger partial charge >= 0.3 is 0 Å². The number of halogens is 2. The number of thiazole rings is 1. The highest BCUT2D eigenvalue weighted by atomic mass is 35.5. The first kappa shape index (κ1) is 18.9. The summed E-state index contributed by atoms with van der Waals surface area (Å²) in [5.74, 6) is 0.925. The third-order valence-corrected chi connectivity index (χ3v) is 7.42. The summed E-state index contributed by atoms with van der Waals surface area (Å²) < 4.78 is 29.5. The Kier molecular flexibility index (Phi) is 5.92. The summed E-state index contributed by atoms with van der Waals surface area (Å²) >= 11 is 15.1. The maximum absolute atomic E-state index is 12.6. The van der Waals surface area contributed by atoms with Crippen molar-refractivity contribution in [3.05, 3.63) is 52.0 Å². The first-order valence-corrected chi connectivity index (χ1v) is 11.4. The van der Waals surface area contributed by atoms with E-state index in [1.165, 1.54) is 11.3 Å². The molecule has 0 bridgehead atoms. The van der Waals surface area contributed by atoms with Crippen LogP contribution in [0.15, 0.2) is 45.6 Å². The van der Waals surface area contributed by atoms with Crippen LogP contribution in [0.3, 0.4) is 0 Å². The number of sulfonamides is 1. The highest BCUT2D eigenvalue weighted by Gasteiger charge is 2.16. The zero-order valence-electron chi connectivity index (χ0n) is 13.1. The molecule has 0 saturated carbocycles. The number of benzene rings is 2. The molecule has 0 radical (unpaired) electrons. The lowest BCUT2D eigenvalue weighted by Gasteiger charge is -2.08. The minimum atomic E-state index is -3.65. The number of hydrogen-bond acceptors (Lipinski definition) is 5. The number of hydrogen-bond donors (Lipinski definition) is 1. The van der Waals surface area contributed by atoms with Gasteiger partial charge in [-0.2, -0.15) is 0 Å². The molecule has 132 valence electrons. The Bertz CT molecular complexity index is 1020. The molecule has 2 aromatic carbocycles. The topological polar surface area (TPSA) is 59.1 Å². The van der Waals surface area contributed by atoms with E-state index in [-0.39, 0.29) is 11.4 Å². The van der Waals surface area contributed by atoms with E-state index in [4.69, 9.17) is 23.2 Å². The van der Waals surface area contributed by atoms with E-state index in [0.717, 1.165) is 20.3 Å². The predicted molar refractivity (Wildman–Crippen MR) is 107 cm³/mol. The Morgan fingerprint density at radius 3 is 2.72 bits per heavy atom. The van der Waals surface area contributed by atoms with Crippen molar-refractivity contribution in [2.24, 2.45) is 0 Å². The Morgan fingerprint density at radius 1 is 1.20 bits per heavy atom. The van der Waals surface area contributed by atoms with Crippen molar-refractivity contribution in [3.8, 4) is 0 Å². The van der Waals surface area contributed by atoms with Gasteiger partial charge < -0.3 is 0 Å². The van der Waals surface area contributed by atoms with Crippen LogP contribution in [0.25, 0.3) is 10.2 Å². The maximum atomic E-state index is 12.6. The van der Waals surface area contributed by atoms with Crippen molar-refractivity contribution >= 4 is 66.5 Å². The van der Waals surface area contributed by atoms with Gasteiger partial charge in [-0.1, -0.05) is 48.0 Å². The number of nitrogens with one attached hydrogen (secondary N) is 1. The van der Waals surface area contributed by atoms with Crippen LogP contribution in [0.4, 0.5) is 0 Å². The van der Waals surface area contributed by atoms with E-state index in [2.05, 4.69) is 16.6 Å². The molecule has 1 aromatic heterocycles. The van der Waals surface area contributed by atoms with Gasteiger partial charge in [0.1, 0.15) is 0 Å². The molecule has 0 amide bonds. The highest BCUT2D eigenvalue weighted by molar-refractivity contribution is 8.01. The summed E-state index contributed by atoms with van der Waals surface area (Å²) in [5.41, 5.74) is 1.47. The molecule has 3 rings (SSSR count). The van der Waals surface area contributed by atoms with Crippen molar-refractivity contribution in [1.29, 1.82) is 0 Å². The molecule has 0 saturated heterocycles.